The van der Waals surface area contributed by atoms with Crippen molar-refractivity contribution >= 4 is 0 Å². The second-order valence-electron chi connectivity index (χ2n) is 2.24. The maximum absolute atomic E-state index is 5.72. The van der Waals surface area contributed by atoms with Gasteiger partial charge in [-0.25, -0.2) is 0 Å². The van der Waals surface area contributed by atoms with Gasteiger partial charge in [0.05, 0.1) is 0 Å². The van der Waals surface area contributed by atoms with E-state index in [1.807, 2.05) is 11.9 Å². The summed E-state index contributed by atoms with van der Waals surface area (Å²) in [5, 5.41) is 2.92. The quantitative estimate of drug-likeness (QED) is 0.185. The van der Waals surface area contributed by atoms with Crippen LogP contribution in [0.15, 0.2) is 20.8 Å². The summed E-state index contributed by atoms with van der Waals surface area (Å²) in [6.07, 6.45) is 0. The van der Waals surface area contributed by atoms with E-state index in [1.165, 1.54) is 0 Å². The van der Waals surface area contributed by atoms with Gasteiger partial charge in [0.25, 0.3) is 0 Å². The van der Waals surface area contributed by atoms with Crippen molar-refractivity contribution in [2.24, 2.45) is 17.2 Å². The predicted molar refractivity (Wildman–Crippen MR) is 47.3 cm³/mol. The summed E-state index contributed by atoms with van der Waals surface area (Å²) < 4.78 is 0.737. The van der Waals surface area contributed by atoms with Crippen molar-refractivity contribution in [3.63, 3.8) is 0 Å². The van der Waals surface area contributed by atoms with Crippen molar-refractivity contribution in [1.82, 2.24) is 5.32 Å². The van der Waals surface area contributed by atoms with E-state index in [-0.39, 0.29) is 21.2 Å². The van der Waals surface area contributed by atoms with E-state index in [1.54, 1.807) is 7.05 Å². The van der Waals surface area contributed by atoms with Gasteiger partial charge in [0.2, 0.25) is 0 Å². The van der Waals surface area contributed by atoms with Crippen molar-refractivity contribution in [2.75, 3.05) is 12.0 Å². The van der Waals surface area contributed by atoms with Crippen molar-refractivity contribution in [1.29, 1.82) is 0 Å². The molecule has 0 aromatic carbocycles. The third-order valence-electron chi connectivity index (χ3n) is 1.53. The Morgan fingerprint density at radius 3 is 2.00 bits per heavy atom. The average molecular weight is 283 g/mol. The zero-order chi connectivity index (χ0) is 9.72. The van der Waals surface area contributed by atoms with Crippen LogP contribution in [0.1, 0.15) is 6.92 Å². The van der Waals surface area contributed by atoms with E-state index in [0.717, 1.165) is 9.40 Å². The molecule has 0 atom stereocenters. The Morgan fingerprint density at radius 2 is 1.67 bits per heavy atom. The first-order chi connectivity index (χ1) is 5.54. The minimum atomic E-state index is -0.170. The Labute approximate surface area is 83.5 Å². The molecule has 0 rings (SSSR count). The van der Waals surface area contributed by atoms with Crippen molar-refractivity contribution in [2.45, 2.75) is 6.92 Å². The molecule has 0 spiro atoms. The van der Waals surface area contributed by atoms with Gasteiger partial charge in [-0.2, -0.15) is 0 Å². The molecule has 0 unspecified atom stereocenters. The fourth-order valence-corrected chi connectivity index (χ4v) is 1.44. The first-order valence-corrected chi connectivity index (χ1v) is 6.67. The Bertz CT molecular complexity index is 195. The molecule has 4 nitrogen and oxygen atoms in total. The van der Waals surface area contributed by atoms with Gasteiger partial charge in [-0.15, -0.1) is 0 Å². The number of rotatable bonds is 3. The molecule has 0 fully saturated rings. The molecule has 0 aromatic rings. The van der Waals surface area contributed by atoms with Gasteiger partial charge in [-0.3, -0.25) is 0 Å². The molecule has 0 aliphatic rings. The van der Waals surface area contributed by atoms with Crippen LogP contribution in [0, 0.1) is 0 Å². The van der Waals surface area contributed by atoms with Gasteiger partial charge >= 0.3 is 83.4 Å². The van der Waals surface area contributed by atoms with Crippen LogP contribution in [0.4, 0.5) is 0 Å². The Hall–Kier alpha value is -0.590. The number of nitrogens with two attached hydrogens (primary N) is 3. The standard InChI is InChI=1S/C7H16IN4/c1-4(12-3)5(9)6(10)7(11)8-2/h12H,9-11H2,1-3H3/q-1/b5-4+,7-6-. The molecule has 0 bridgehead atoms. The number of hydrogen-bond donors (Lipinski definition) is 4. The number of allylic oxidation sites excluding steroid dienone is 1. The van der Waals surface area contributed by atoms with Crippen molar-refractivity contribution in [3.05, 3.63) is 20.8 Å². The van der Waals surface area contributed by atoms with Crippen molar-refractivity contribution < 1.29 is 21.2 Å². The number of hydrogen-bond acceptors (Lipinski definition) is 4. The van der Waals surface area contributed by atoms with Gasteiger partial charge in [-0.1, -0.05) is 0 Å². The summed E-state index contributed by atoms with van der Waals surface area (Å²) in [6, 6.07) is 0. The SMILES string of the molecule is CN/C(C)=C(N)\C(N)=C(\N)[I-]C. The normalized spacial score (nSPS) is 15.2. The fourth-order valence-electron chi connectivity index (χ4n) is 0.567. The molecular weight excluding hydrogens is 267 g/mol. The van der Waals surface area contributed by atoms with Crippen LogP contribution in [-0.4, -0.2) is 12.0 Å². The molecule has 0 radical (unpaired) electrons. The summed E-state index contributed by atoms with van der Waals surface area (Å²) in [5.41, 5.74) is 19.0. The van der Waals surface area contributed by atoms with Gasteiger partial charge in [0, 0.05) is 0 Å². The zero-order valence-corrected chi connectivity index (χ0v) is 9.77. The summed E-state index contributed by atoms with van der Waals surface area (Å²) >= 11 is -0.170. The van der Waals surface area contributed by atoms with E-state index < -0.39 is 0 Å². The number of halogens is 1. The molecule has 0 aromatic heterocycles. The molecule has 0 aliphatic heterocycles. The van der Waals surface area contributed by atoms with Gasteiger partial charge in [0.15, 0.2) is 0 Å². The monoisotopic (exact) mass is 283 g/mol. The topological polar surface area (TPSA) is 90.1 Å². The van der Waals surface area contributed by atoms with Gasteiger partial charge < -0.3 is 0 Å². The fraction of sp³-hybridized carbons (Fsp3) is 0.429. The molecule has 72 valence electrons. The van der Waals surface area contributed by atoms with Gasteiger partial charge in [-0.05, 0) is 0 Å². The van der Waals surface area contributed by atoms with Crippen molar-refractivity contribution in [3.8, 4) is 0 Å². The van der Waals surface area contributed by atoms with Crippen LogP contribution in [0.3, 0.4) is 0 Å². The molecule has 12 heavy (non-hydrogen) atoms. The van der Waals surface area contributed by atoms with Crippen LogP contribution >= 0.6 is 0 Å². The summed E-state index contributed by atoms with van der Waals surface area (Å²) in [5.74, 6) is 0. The zero-order valence-electron chi connectivity index (χ0n) is 7.61. The van der Waals surface area contributed by atoms with Crippen LogP contribution < -0.4 is 43.7 Å². The first-order valence-electron chi connectivity index (χ1n) is 3.43. The Balaban J connectivity index is 4.82. The summed E-state index contributed by atoms with van der Waals surface area (Å²) in [6.45, 7) is 1.86. The molecule has 0 saturated heterocycles. The van der Waals surface area contributed by atoms with Crippen LogP contribution in [0.5, 0.6) is 0 Å². The number of alkyl halides is 1. The second-order valence-corrected chi connectivity index (χ2v) is 4.48. The minimum absolute atomic E-state index is 0.170. The molecule has 0 aliphatic carbocycles. The van der Waals surface area contributed by atoms with Crippen LogP contribution in [0.2, 0.25) is 0 Å². The molecular formula is C7H16IN4-. The maximum atomic E-state index is 5.72. The Morgan fingerprint density at radius 1 is 1.17 bits per heavy atom. The molecule has 7 N–H and O–H groups in total. The molecule has 0 heterocycles. The van der Waals surface area contributed by atoms with E-state index in [9.17, 15) is 0 Å². The first kappa shape index (κ1) is 11.4. The summed E-state index contributed by atoms with van der Waals surface area (Å²) in [7, 11) is 1.80. The van der Waals surface area contributed by atoms with E-state index in [2.05, 4.69) is 5.32 Å². The van der Waals surface area contributed by atoms with Crippen LogP contribution in [0.25, 0.3) is 0 Å². The summed E-state index contributed by atoms with van der Waals surface area (Å²) in [4.78, 5) is 2.04. The van der Waals surface area contributed by atoms with E-state index >= 15 is 0 Å². The predicted octanol–water partition coefficient (Wildman–Crippen LogP) is -3.80. The third kappa shape index (κ3) is 2.80. The molecule has 0 amide bonds. The second kappa shape index (κ2) is 5.13. The molecule has 0 saturated carbocycles. The van der Waals surface area contributed by atoms with Gasteiger partial charge in [0.1, 0.15) is 0 Å². The Kier molecular flexibility index (Phi) is 4.87. The third-order valence-corrected chi connectivity index (χ3v) is 3.27. The number of nitrogens with one attached hydrogen (secondary N) is 1. The molecule has 5 heteroatoms. The average Bonchev–Trinajstić information content (AvgIpc) is 2.12. The van der Waals surface area contributed by atoms with E-state index in [0.29, 0.717) is 11.4 Å². The van der Waals surface area contributed by atoms with Crippen LogP contribution in [-0.2, 0) is 0 Å². The van der Waals surface area contributed by atoms with E-state index in [4.69, 9.17) is 17.2 Å².